The molecule has 21 heavy (non-hydrogen) atoms. The molecule has 3 heterocycles. The molecule has 0 radical (unpaired) electrons. The van der Waals surface area contributed by atoms with Crippen molar-refractivity contribution in [2.75, 3.05) is 13.2 Å². The first-order valence-electron chi connectivity index (χ1n) is 7.80. The highest BCUT2D eigenvalue weighted by Crippen LogP contribution is 2.59. The highest BCUT2D eigenvalue weighted by atomic mass is 16.7. The van der Waals surface area contributed by atoms with Crippen LogP contribution in [0.2, 0.25) is 0 Å². The first-order chi connectivity index (χ1) is 10.4. The summed E-state index contributed by atoms with van der Waals surface area (Å²) in [5.74, 6) is 0.933. The van der Waals surface area contributed by atoms with Crippen LogP contribution in [0.15, 0.2) is 36.4 Å². The zero-order valence-corrected chi connectivity index (χ0v) is 11.9. The van der Waals surface area contributed by atoms with Crippen LogP contribution in [0.5, 0.6) is 5.75 Å². The van der Waals surface area contributed by atoms with E-state index in [4.69, 9.17) is 14.2 Å². The van der Waals surface area contributed by atoms with Crippen molar-refractivity contribution in [3.63, 3.8) is 0 Å². The average Bonchev–Trinajstić information content (AvgIpc) is 2.96. The van der Waals surface area contributed by atoms with E-state index in [1.165, 1.54) is 16.3 Å². The summed E-state index contributed by atoms with van der Waals surface area (Å²) in [5.41, 5.74) is 1.24. The first-order valence-corrected chi connectivity index (χ1v) is 7.80. The molecule has 5 rings (SSSR count). The van der Waals surface area contributed by atoms with Crippen LogP contribution in [0, 0.1) is 5.41 Å². The summed E-state index contributed by atoms with van der Waals surface area (Å²) in [6, 6.07) is 12.7. The van der Waals surface area contributed by atoms with Gasteiger partial charge in [0.2, 0.25) is 6.29 Å². The molecule has 0 amide bonds. The van der Waals surface area contributed by atoms with Gasteiger partial charge in [-0.3, -0.25) is 0 Å². The minimum atomic E-state index is -0.146. The molecule has 1 spiro atoms. The molecule has 0 aromatic heterocycles. The maximum Gasteiger partial charge on any atom is 0.208 e. The fourth-order valence-corrected chi connectivity index (χ4v) is 4.32. The van der Waals surface area contributed by atoms with Crippen LogP contribution >= 0.6 is 0 Å². The van der Waals surface area contributed by atoms with E-state index in [2.05, 4.69) is 36.4 Å². The predicted molar refractivity (Wildman–Crippen MR) is 79.3 cm³/mol. The van der Waals surface area contributed by atoms with Crippen LogP contribution < -0.4 is 4.74 Å². The lowest BCUT2D eigenvalue weighted by Gasteiger charge is -2.47. The standard InChI is InChI=1S/C18H18O3/c1-2-5-13-12(4-1)6-7-14-15(13)16-18(9-11-19-16)8-3-10-20-17(18)21-14/h1-2,4-7,16-17H,3,8-11H2/t16-,17-,18-/m1/s1. The van der Waals surface area contributed by atoms with Crippen molar-refractivity contribution in [2.45, 2.75) is 31.7 Å². The first kappa shape index (κ1) is 12.0. The Morgan fingerprint density at radius 3 is 2.90 bits per heavy atom. The molecular formula is C18H18O3. The predicted octanol–water partition coefficient (Wildman–Crippen LogP) is 3.82. The van der Waals surface area contributed by atoms with Crippen LogP contribution in [0.4, 0.5) is 0 Å². The Labute approximate surface area is 123 Å². The van der Waals surface area contributed by atoms with Gasteiger partial charge in [-0.1, -0.05) is 30.3 Å². The molecule has 0 saturated carbocycles. The molecule has 2 fully saturated rings. The van der Waals surface area contributed by atoms with Crippen molar-refractivity contribution in [1.29, 1.82) is 0 Å². The van der Waals surface area contributed by atoms with Crippen molar-refractivity contribution < 1.29 is 14.2 Å². The van der Waals surface area contributed by atoms with Gasteiger partial charge in [-0.25, -0.2) is 0 Å². The summed E-state index contributed by atoms with van der Waals surface area (Å²) in [5, 5.41) is 2.51. The van der Waals surface area contributed by atoms with E-state index in [1.807, 2.05) is 0 Å². The molecule has 0 bridgehead atoms. The van der Waals surface area contributed by atoms with E-state index in [0.717, 1.165) is 38.2 Å². The number of rotatable bonds is 0. The monoisotopic (exact) mass is 282 g/mol. The third-order valence-corrected chi connectivity index (χ3v) is 5.33. The van der Waals surface area contributed by atoms with Crippen LogP contribution in [-0.2, 0) is 9.47 Å². The lowest BCUT2D eigenvalue weighted by molar-refractivity contribution is -0.216. The number of fused-ring (bicyclic) bond motifs is 4. The molecule has 3 nitrogen and oxygen atoms in total. The van der Waals surface area contributed by atoms with Gasteiger partial charge in [0, 0.05) is 12.2 Å². The van der Waals surface area contributed by atoms with E-state index < -0.39 is 0 Å². The Morgan fingerprint density at radius 2 is 1.90 bits per heavy atom. The third kappa shape index (κ3) is 1.51. The molecule has 108 valence electrons. The maximum atomic E-state index is 6.25. The summed E-state index contributed by atoms with van der Waals surface area (Å²) in [6.07, 6.45) is 3.22. The van der Waals surface area contributed by atoms with Crippen LogP contribution in [0.25, 0.3) is 10.8 Å². The van der Waals surface area contributed by atoms with Crippen LogP contribution in [-0.4, -0.2) is 19.5 Å². The second-order valence-electron chi connectivity index (χ2n) is 6.36. The molecule has 3 aliphatic rings. The highest BCUT2D eigenvalue weighted by molar-refractivity contribution is 5.88. The number of hydrogen-bond acceptors (Lipinski definition) is 3. The van der Waals surface area contributed by atoms with Crippen molar-refractivity contribution in [3.8, 4) is 5.75 Å². The maximum absolute atomic E-state index is 6.25. The molecule has 3 heteroatoms. The second kappa shape index (κ2) is 4.21. The van der Waals surface area contributed by atoms with Crippen LogP contribution in [0.3, 0.4) is 0 Å². The van der Waals surface area contributed by atoms with Crippen molar-refractivity contribution in [1.82, 2.24) is 0 Å². The van der Waals surface area contributed by atoms with Crippen molar-refractivity contribution >= 4 is 10.8 Å². The zero-order valence-electron chi connectivity index (χ0n) is 11.9. The fraction of sp³-hybridized carbons (Fsp3) is 0.444. The largest absolute Gasteiger partial charge is 0.464 e. The SMILES string of the molecule is c1ccc2c3c(ccc2c1)O[C@H]1OCCC[C@]12CCO[C@H]32. The molecule has 2 aromatic carbocycles. The lowest BCUT2D eigenvalue weighted by atomic mass is 9.70. The van der Waals surface area contributed by atoms with Gasteiger partial charge in [-0.05, 0) is 36.1 Å². The van der Waals surface area contributed by atoms with Crippen molar-refractivity contribution in [2.24, 2.45) is 5.41 Å². The summed E-state index contributed by atoms with van der Waals surface area (Å²) in [7, 11) is 0. The Hall–Kier alpha value is -1.58. The zero-order chi connectivity index (χ0) is 13.9. The van der Waals surface area contributed by atoms with Gasteiger partial charge in [0.15, 0.2) is 0 Å². The minimum Gasteiger partial charge on any atom is -0.464 e. The second-order valence-corrected chi connectivity index (χ2v) is 6.36. The topological polar surface area (TPSA) is 27.7 Å². The molecule has 3 atom stereocenters. The van der Waals surface area contributed by atoms with Gasteiger partial charge in [0.25, 0.3) is 0 Å². The van der Waals surface area contributed by atoms with Crippen LogP contribution in [0.1, 0.15) is 30.9 Å². The van der Waals surface area contributed by atoms with Gasteiger partial charge < -0.3 is 14.2 Å². The van der Waals surface area contributed by atoms with E-state index >= 15 is 0 Å². The molecular weight excluding hydrogens is 264 g/mol. The van der Waals surface area contributed by atoms with E-state index in [0.29, 0.717) is 0 Å². The molecule has 0 N–H and O–H groups in total. The van der Waals surface area contributed by atoms with Gasteiger partial charge in [0.05, 0.1) is 18.1 Å². The lowest BCUT2D eigenvalue weighted by Crippen LogP contribution is -2.49. The number of benzene rings is 2. The Morgan fingerprint density at radius 1 is 0.952 bits per heavy atom. The summed E-state index contributed by atoms with van der Waals surface area (Å²) < 4.78 is 18.4. The normalized spacial score (nSPS) is 33.9. The molecule has 0 unspecified atom stereocenters. The van der Waals surface area contributed by atoms with Gasteiger partial charge >= 0.3 is 0 Å². The molecule has 3 aliphatic heterocycles. The number of ether oxygens (including phenoxy) is 3. The summed E-state index contributed by atoms with van der Waals surface area (Å²) >= 11 is 0. The Bertz CT molecular complexity index is 711. The van der Waals surface area contributed by atoms with E-state index in [-0.39, 0.29) is 17.8 Å². The fourth-order valence-electron chi connectivity index (χ4n) is 4.32. The highest BCUT2D eigenvalue weighted by Gasteiger charge is 2.57. The quantitative estimate of drug-likeness (QED) is 0.735. The summed E-state index contributed by atoms with van der Waals surface area (Å²) in [4.78, 5) is 0. The van der Waals surface area contributed by atoms with E-state index in [1.54, 1.807) is 0 Å². The Balaban J connectivity index is 1.78. The summed E-state index contributed by atoms with van der Waals surface area (Å²) in [6.45, 7) is 1.60. The minimum absolute atomic E-state index is 0.00930. The molecule has 2 aromatic rings. The van der Waals surface area contributed by atoms with Crippen molar-refractivity contribution in [3.05, 3.63) is 42.0 Å². The average molecular weight is 282 g/mol. The molecule has 0 aliphatic carbocycles. The van der Waals surface area contributed by atoms with E-state index in [9.17, 15) is 0 Å². The third-order valence-electron chi connectivity index (χ3n) is 5.33. The van der Waals surface area contributed by atoms with Gasteiger partial charge in [-0.2, -0.15) is 0 Å². The smallest absolute Gasteiger partial charge is 0.208 e. The Kier molecular flexibility index (Phi) is 2.41. The van der Waals surface area contributed by atoms with Gasteiger partial charge in [-0.15, -0.1) is 0 Å². The number of hydrogen-bond donors (Lipinski definition) is 0. The molecule has 2 saturated heterocycles. The van der Waals surface area contributed by atoms with Gasteiger partial charge in [0.1, 0.15) is 5.75 Å².